The maximum atomic E-state index is 11.8. The van der Waals surface area contributed by atoms with Crippen molar-refractivity contribution >= 4 is 34.7 Å². The molecule has 0 unspecified atom stereocenters. The van der Waals surface area contributed by atoms with Gasteiger partial charge in [0.05, 0.1) is 12.4 Å². The lowest BCUT2D eigenvalue weighted by Gasteiger charge is -2.06. The maximum absolute atomic E-state index is 11.8. The number of hydrogen-bond donors (Lipinski definition) is 1. The number of carbonyl (C=O) groups is 1. The van der Waals surface area contributed by atoms with Crippen molar-refractivity contribution in [2.24, 2.45) is 0 Å². The number of benzene rings is 1. The van der Waals surface area contributed by atoms with Gasteiger partial charge in [0.1, 0.15) is 10.8 Å². The third-order valence-electron chi connectivity index (χ3n) is 2.28. The van der Waals surface area contributed by atoms with E-state index in [0.717, 1.165) is 20.8 Å². The molecule has 0 fully saturated rings. The zero-order valence-corrected chi connectivity index (χ0v) is 12.9. The summed E-state index contributed by atoms with van der Waals surface area (Å²) in [5.41, 5.74) is 0.757. The number of rotatable bonds is 6. The summed E-state index contributed by atoms with van der Waals surface area (Å²) in [6.45, 7) is 4.45. The molecule has 0 aliphatic rings. The molecule has 0 saturated carbocycles. The number of aryl methyl sites for hydroxylation is 1. The van der Waals surface area contributed by atoms with Crippen LogP contribution < -0.4 is 10.1 Å². The highest BCUT2D eigenvalue weighted by molar-refractivity contribution is 8.01. The lowest BCUT2D eigenvalue weighted by atomic mass is 10.3. The van der Waals surface area contributed by atoms with Gasteiger partial charge in [0.25, 0.3) is 0 Å². The molecule has 1 heterocycles. The van der Waals surface area contributed by atoms with Crippen LogP contribution in [0.4, 0.5) is 5.69 Å². The number of carbonyl (C=O) groups excluding carboxylic acids is 1. The standard InChI is InChI=1S/C13H15N3O2S2/c1-3-18-11-6-4-10(5-7-11)14-12(17)8-19-13-16-15-9(2)20-13/h4-7H,3,8H2,1-2H3,(H,14,17). The summed E-state index contributed by atoms with van der Waals surface area (Å²) < 4.78 is 6.15. The third kappa shape index (κ3) is 4.50. The van der Waals surface area contributed by atoms with Crippen molar-refractivity contribution < 1.29 is 9.53 Å². The molecule has 0 aliphatic heterocycles. The predicted octanol–water partition coefficient (Wildman–Crippen LogP) is 2.98. The Morgan fingerprint density at radius 2 is 2.10 bits per heavy atom. The van der Waals surface area contributed by atoms with Crippen molar-refractivity contribution in [3.05, 3.63) is 29.3 Å². The van der Waals surface area contributed by atoms with Crippen LogP contribution in [0.5, 0.6) is 5.75 Å². The Morgan fingerprint density at radius 1 is 1.35 bits per heavy atom. The number of aromatic nitrogens is 2. The summed E-state index contributed by atoms with van der Waals surface area (Å²) in [7, 11) is 0. The highest BCUT2D eigenvalue weighted by atomic mass is 32.2. The molecular formula is C13H15N3O2S2. The van der Waals surface area contributed by atoms with E-state index in [2.05, 4.69) is 15.5 Å². The monoisotopic (exact) mass is 309 g/mol. The van der Waals surface area contributed by atoms with Crippen LogP contribution in [-0.2, 0) is 4.79 Å². The Balaban J connectivity index is 1.81. The van der Waals surface area contributed by atoms with Crippen LogP contribution in [0.15, 0.2) is 28.6 Å². The van der Waals surface area contributed by atoms with Crippen LogP contribution in [0.1, 0.15) is 11.9 Å². The van der Waals surface area contributed by atoms with E-state index in [1.807, 2.05) is 38.1 Å². The summed E-state index contributed by atoms with van der Waals surface area (Å²) in [4.78, 5) is 11.8. The Kier molecular flexibility index (Phi) is 5.37. The van der Waals surface area contributed by atoms with Crippen LogP contribution >= 0.6 is 23.1 Å². The molecule has 1 amide bonds. The topological polar surface area (TPSA) is 64.1 Å². The largest absolute Gasteiger partial charge is 0.494 e. The van der Waals surface area contributed by atoms with Crippen LogP contribution in [-0.4, -0.2) is 28.5 Å². The lowest BCUT2D eigenvalue weighted by molar-refractivity contribution is -0.113. The number of anilines is 1. The summed E-state index contributed by atoms with van der Waals surface area (Å²) in [5, 5.41) is 11.6. The van der Waals surface area contributed by atoms with Crippen molar-refractivity contribution in [1.82, 2.24) is 10.2 Å². The van der Waals surface area contributed by atoms with Gasteiger partial charge in [0.15, 0.2) is 4.34 Å². The molecule has 1 aromatic heterocycles. The van der Waals surface area contributed by atoms with Gasteiger partial charge in [0, 0.05) is 5.69 Å². The average Bonchev–Trinajstić information content (AvgIpc) is 2.85. The van der Waals surface area contributed by atoms with Gasteiger partial charge in [-0.2, -0.15) is 0 Å². The Morgan fingerprint density at radius 3 is 2.70 bits per heavy atom. The minimum Gasteiger partial charge on any atom is -0.494 e. The Hall–Kier alpha value is -1.60. The highest BCUT2D eigenvalue weighted by Crippen LogP contribution is 2.22. The van der Waals surface area contributed by atoms with E-state index in [1.165, 1.54) is 23.1 Å². The molecule has 0 aliphatic carbocycles. The third-order valence-corrected chi connectivity index (χ3v) is 4.26. The second kappa shape index (κ2) is 7.25. The van der Waals surface area contributed by atoms with E-state index in [4.69, 9.17) is 4.74 Å². The van der Waals surface area contributed by atoms with E-state index in [1.54, 1.807) is 0 Å². The molecular weight excluding hydrogens is 294 g/mol. The van der Waals surface area contributed by atoms with Crippen LogP contribution in [0.25, 0.3) is 0 Å². The van der Waals surface area contributed by atoms with Crippen LogP contribution in [0, 0.1) is 6.92 Å². The fourth-order valence-electron chi connectivity index (χ4n) is 1.46. The molecule has 0 saturated heterocycles. The van der Waals surface area contributed by atoms with Gasteiger partial charge in [-0.05, 0) is 38.1 Å². The molecule has 5 nitrogen and oxygen atoms in total. The highest BCUT2D eigenvalue weighted by Gasteiger charge is 2.07. The second-order valence-corrected chi connectivity index (χ2v) is 6.29. The van der Waals surface area contributed by atoms with Crippen LogP contribution in [0.3, 0.4) is 0 Å². The van der Waals surface area contributed by atoms with E-state index in [9.17, 15) is 4.79 Å². The van der Waals surface area contributed by atoms with Crippen molar-refractivity contribution in [2.75, 3.05) is 17.7 Å². The first-order valence-electron chi connectivity index (χ1n) is 6.13. The van der Waals surface area contributed by atoms with Gasteiger partial charge in [-0.15, -0.1) is 10.2 Å². The van der Waals surface area contributed by atoms with Gasteiger partial charge in [-0.1, -0.05) is 23.1 Å². The number of nitrogens with one attached hydrogen (secondary N) is 1. The Bertz CT molecular complexity index is 569. The Labute approximate surface area is 125 Å². The predicted molar refractivity (Wildman–Crippen MR) is 81.6 cm³/mol. The molecule has 1 N–H and O–H groups in total. The molecule has 0 spiro atoms. The van der Waals surface area contributed by atoms with Crippen molar-refractivity contribution in [3.8, 4) is 5.75 Å². The van der Waals surface area contributed by atoms with Crippen molar-refractivity contribution in [1.29, 1.82) is 0 Å². The first-order valence-corrected chi connectivity index (χ1v) is 7.93. The summed E-state index contributed by atoms with van der Waals surface area (Å²) in [6.07, 6.45) is 0. The number of hydrogen-bond acceptors (Lipinski definition) is 6. The second-order valence-electron chi connectivity index (χ2n) is 3.88. The number of ether oxygens (including phenoxy) is 1. The molecule has 1 aromatic carbocycles. The zero-order chi connectivity index (χ0) is 14.4. The first kappa shape index (κ1) is 14.8. The van der Waals surface area contributed by atoms with E-state index in [0.29, 0.717) is 12.4 Å². The minimum atomic E-state index is -0.0630. The smallest absolute Gasteiger partial charge is 0.234 e. The van der Waals surface area contributed by atoms with Gasteiger partial charge in [-0.3, -0.25) is 4.79 Å². The van der Waals surface area contributed by atoms with Crippen LogP contribution in [0.2, 0.25) is 0 Å². The molecule has 0 bridgehead atoms. The minimum absolute atomic E-state index is 0.0630. The quantitative estimate of drug-likeness (QED) is 0.831. The summed E-state index contributed by atoms with van der Waals surface area (Å²) >= 11 is 2.88. The summed E-state index contributed by atoms with van der Waals surface area (Å²) in [5.74, 6) is 1.05. The molecule has 2 aromatic rings. The number of thioether (sulfide) groups is 1. The van der Waals surface area contributed by atoms with Gasteiger partial charge in [0.2, 0.25) is 5.91 Å². The fraction of sp³-hybridized carbons (Fsp3) is 0.308. The molecule has 20 heavy (non-hydrogen) atoms. The zero-order valence-electron chi connectivity index (χ0n) is 11.3. The van der Waals surface area contributed by atoms with E-state index in [-0.39, 0.29) is 5.91 Å². The molecule has 7 heteroatoms. The van der Waals surface area contributed by atoms with Gasteiger partial charge < -0.3 is 10.1 Å². The SMILES string of the molecule is CCOc1ccc(NC(=O)CSc2nnc(C)s2)cc1. The lowest BCUT2D eigenvalue weighted by Crippen LogP contribution is -2.13. The van der Waals surface area contributed by atoms with Crippen molar-refractivity contribution in [3.63, 3.8) is 0 Å². The average molecular weight is 309 g/mol. The van der Waals surface area contributed by atoms with E-state index >= 15 is 0 Å². The van der Waals surface area contributed by atoms with Gasteiger partial charge >= 0.3 is 0 Å². The van der Waals surface area contributed by atoms with E-state index < -0.39 is 0 Å². The van der Waals surface area contributed by atoms with Crippen molar-refractivity contribution in [2.45, 2.75) is 18.2 Å². The number of amides is 1. The number of nitrogens with zero attached hydrogens (tertiary/aromatic N) is 2. The normalized spacial score (nSPS) is 10.3. The molecule has 2 rings (SSSR count). The molecule has 0 radical (unpaired) electrons. The van der Waals surface area contributed by atoms with Gasteiger partial charge in [-0.25, -0.2) is 0 Å². The first-order chi connectivity index (χ1) is 9.67. The fourth-order valence-corrected chi connectivity index (χ4v) is 3.08. The maximum Gasteiger partial charge on any atom is 0.234 e. The molecule has 106 valence electrons. The molecule has 0 atom stereocenters. The summed E-state index contributed by atoms with van der Waals surface area (Å²) in [6, 6.07) is 7.31.